The molecule has 3 rings (SSSR count). The van der Waals surface area contributed by atoms with Crippen LogP contribution in [0.2, 0.25) is 0 Å². The van der Waals surface area contributed by atoms with Crippen LogP contribution in [0.5, 0.6) is 0 Å². The number of cyclic esters (lactones) is 1. The van der Waals surface area contributed by atoms with E-state index in [1.165, 1.54) is 0 Å². The number of amides is 1. The third-order valence-corrected chi connectivity index (χ3v) is 4.62. The molecular weight excluding hydrogens is 280 g/mol. The first-order valence-electron chi connectivity index (χ1n) is 7.82. The van der Waals surface area contributed by atoms with Gasteiger partial charge in [-0.25, -0.2) is 0 Å². The van der Waals surface area contributed by atoms with Crippen LogP contribution in [0.3, 0.4) is 0 Å². The van der Waals surface area contributed by atoms with Crippen LogP contribution in [-0.2, 0) is 14.3 Å². The van der Waals surface area contributed by atoms with Crippen molar-refractivity contribution in [1.82, 2.24) is 4.90 Å². The van der Waals surface area contributed by atoms with Crippen molar-refractivity contribution in [1.29, 1.82) is 0 Å². The second-order valence-corrected chi connectivity index (χ2v) is 6.48. The van der Waals surface area contributed by atoms with E-state index < -0.39 is 0 Å². The lowest BCUT2D eigenvalue weighted by Gasteiger charge is -2.33. The highest BCUT2D eigenvalue weighted by atomic mass is 16.6. The minimum Gasteiger partial charge on any atom is -0.461 e. The van der Waals surface area contributed by atoms with Crippen molar-refractivity contribution in [2.75, 3.05) is 25.5 Å². The molecule has 1 aliphatic carbocycles. The van der Waals surface area contributed by atoms with E-state index in [1.54, 1.807) is 0 Å². The molecule has 1 spiro atoms. The lowest BCUT2D eigenvalue weighted by molar-refractivity contribution is -0.152. The fourth-order valence-electron chi connectivity index (χ4n) is 3.33. The molecule has 1 amide bonds. The van der Waals surface area contributed by atoms with E-state index in [-0.39, 0.29) is 29.9 Å². The van der Waals surface area contributed by atoms with Gasteiger partial charge in [0, 0.05) is 18.7 Å². The van der Waals surface area contributed by atoms with Crippen molar-refractivity contribution in [2.24, 2.45) is 5.41 Å². The molecule has 0 unspecified atom stereocenters. The van der Waals surface area contributed by atoms with Gasteiger partial charge in [-0.1, -0.05) is 24.6 Å². The number of nitrogens with zero attached hydrogens (tertiary/aromatic N) is 1. The largest absolute Gasteiger partial charge is 0.461 e. The average molecular weight is 302 g/mol. The van der Waals surface area contributed by atoms with Gasteiger partial charge in [-0.3, -0.25) is 14.5 Å². The highest BCUT2D eigenvalue weighted by Crippen LogP contribution is 2.50. The Morgan fingerprint density at radius 1 is 1.36 bits per heavy atom. The van der Waals surface area contributed by atoms with Crippen molar-refractivity contribution in [3.8, 4) is 0 Å². The maximum absolute atomic E-state index is 12.0. The highest BCUT2D eigenvalue weighted by Gasteiger charge is 2.52. The quantitative estimate of drug-likeness (QED) is 0.846. The third kappa shape index (κ3) is 3.14. The zero-order chi connectivity index (χ0) is 15.6. The Balaban J connectivity index is 1.45. The SMILES string of the molecule is CN(CC(=O)Nc1ccccc1)C[C@@H]1CC2(CCC2)C(=O)O1. The first-order valence-corrected chi connectivity index (χ1v) is 7.82. The van der Waals surface area contributed by atoms with Crippen molar-refractivity contribution in [3.63, 3.8) is 0 Å². The van der Waals surface area contributed by atoms with Gasteiger partial charge in [0.05, 0.1) is 12.0 Å². The van der Waals surface area contributed by atoms with E-state index in [4.69, 9.17) is 4.74 Å². The van der Waals surface area contributed by atoms with E-state index >= 15 is 0 Å². The van der Waals surface area contributed by atoms with Gasteiger partial charge in [-0.15, -0.1) is 0 Å². The number of likely N-dealkylation sites (N-methyl/N-ethyl adjacent to an activating group) is 1. The number of carbonyl (C=O) groups is 2. The number of esters is 1. The monoisotopic (exact) mass is 302 g/mol. The predicted octanol–water partition coefficient (Wildman–Crippen LogP) is 2.04. The van der Waals surface area contributed by atoms with Crippen molar-refractivity contribution < 1.29 is 14.3 Å². The van der Waals surface area contributed by atoms with Crippen molar-refractivity contribution in [2.45, 2.75) is 31.8 Å². The number of ether oxygens (including phenoxy) is 1. The molecule has 0 radical (unpaired) electrons. The molecule has 2 aliphatic rings. The molecule has 5 nitrogen and oxygen atoms in total. The van der Waals surface area contributed by atoms with Gasteiger partial charge in [0.2, 0.25) is 5.91 Å². The van der Waals surface area contributed by atoms with Crippen LogP contribution in [0.15, 0.2) is 30.3 Å². The van der Waals surface area contributed by atoms with Crippen LogP contribution < -0.4 is 5.32 Å². The van der Waals surface area contributed by atoms with E-state index in [1.807, 2.05) is 42.3 Å². The van der Waals surface area contributed by atoms with Gasteiger partial charge in [-0.2, -0.15) is 0 Å². The Kier molecular flexibility index (Phi) is 4.16. The van der Waals surface area contributed by atoms with Crippen molar-refractivity contribution >= 4 is 17.6 Å². The third-order valence-electron chi connectivity index (χ3n) is 4.62. The van der Waals surface area contributed by atoms with E-state index in [2.05, 4.69) is 5.32 Å². The Morgan fingerprint density at radius 2 is 2.09 bits per heavy atom. The number of hydrogen-bond acceptors (Lipinski definition) is 4. The summed E-state index contributed by atoms with van der Waals surface area (Å²) in [4.78, 5) is 25.8. The Morgan fingerprint density at radius 3 is 2.68 bits per heavy atom. The molecule has 0 bridgehead atoms. The minimum absolute atomic E-state index is 0.0362. The molecule has 5 heteroatoms. The molecule has 1 atom stereocenters. The number of anilines is 1. The van der Waals surface area contributed by atoms with Crippen LogP contribution in [-0.4, -0.2) is 43.0 Å². The molecule has 1 aromatic rings. The van der Waals surface area contributed by atoms with Crippen LogP contribution in [0.1, 0.15) is 25.7 Å². The summed E-state index contributed by atoms with van der Waals surface area (Å²) in [5.74, 6) is -0.0951. The molecule has 22 heavy (non-hydrogen) atoms. The fraction of sp³-hybridized carbons (Fsp3) is 0.529. The average Bonchev–Trinajstić information content (AvgIpc) is 2.76. The molecule has 118 valence electrons. The summed E-state index contributed by atoms with van der Waals surface area (Å²) in [7, 11) is 1.88. The van der Waals surface area contributed by atoms with Gasteiger partial charge in [0.1, 0.15) is 6.10 Å². The summed E-state index contributed by atoms with van der Waals surface area (Å²) >= 11 is 0. The van der Waals surface area contributed by atoms with Crippen LogP contribution in [0, 0.1) is 5.41 Å². The first-order chi connectivity index (χ1) is 10.6. The maximum atomic E-state index is 12.0. The lowest BCUT2D eigenvalue weighted by atomic mass is 9.67. The van der Waals surface area contributed by atoms with Gasteiger partial charge in [-0.05, 0) is 32.0 Å². The number of nitrogens with one attached hydrogen (secondary N) is 1. The number of benzene rings is 1. The zero-order valence-corrected chi connectivity index (χ0v) is 12.9. The van der Waals surface area contributed by atoms with Crippen molar-refractivity contribution in [3.05, 3.63) is 30.3 Å². The topological polar surface area (TPSA) is 58.6 Å². The van der Waals surface area contributed by atoms with E-state index in [9.17, 15) is 9.59 Å². The zero-order valence-electron chi connectivity index (χ0n) is 12.9. The standard InChI is InChI=1S/C17H22N2O3/c1-19(12-15(20)18-13-6-3-2-4-7-13)11-14-10-17(8-5-9-17)16(21)22-14/h2-4,6-7,14H,5,8-12H2,1H3,(H,18,20)/t14-/m0/s1. The minimum atomic E-state index is -0.197. The molecule has 1 N–H and O–H groups in total. The Labute approximate surface area is 130 Å². The number of hydrogen-bond donors (Lipinski definition) is 1. The summed E-state index contributed by atoms with van der Waals surface area (Å²) in [5, 5.41) is 2.86. The normalized spacial score (nSPS) is 22.5. The fourth-order valence-corrected chi connectivity index (χ4v) is 3.33. The first kappa shape index (κ1) is 15.0. The van der Waals surface area contributed by atoms with Crippen LogP contribution in [0.25, 0.3) is 0 Å². The molecule has 1 saturated carbocycles. The van der Waals surface area contributed by atoms with Crippen LogP contribution in [0.4, 0.5) is 5.69 Å². The highest BCUT2D eigenvalue weighted by molar-refractivity contribution is 5.92. The summed E-state index contributed by atoms with van der Waals surface area (Å²) in [6, 6.07) is 9.39. The summed E-state index contributed by atoms with van der Waals surface area (Å²) in [6.07, 6.45) is 3.76. The van der Waals surface area contributed by atoms with Gasteiger partial charge in [0.25, 0.3) is 0 Å². The molecule has 1 heterocycles. The molecule has 1 aliphatic heterocycles. The lowest BCUT2D eigenvalue weighted by Crippen LogP contribution is -2.36. The van der Waals surface area contributed by atoms with E-state index in [0.717, 1.165) is 31.4 Å². The summed E-state index contributed by atoms with van der Waals surface area (Å²) in [5.41, 5.74) is 0.597. The Hall–Kier alpha value is -1.88. The Bertz CT molecular complexity index is 554. The van der Waals surface area contributed by atoms with Gasteiger partial charge in [0.15, 0.2) is 0 Å². The van der Waals surface area contributed by atoms with Gasteiger partial charge >= 0.3 is 5.97 Å². The molecular formula is C17H22N2O3. The van der Waals surface area contributed by atoms with Crippen LogP contribution >= 0.6 is 0 Å². The molecule has 0 aromatic heterocycles. The number of rotatable bonds is 5. The second-order valence-electron chi connectivity index (χ2n) is 6.48. The van der Waals surface area contributed by atoms with E-state index in [0.29, 0.717) is 6.54 Å². The van der Waals surface area contributed by atoms with Gasteiger partial charge < -0.3 is 10.1 Å². The molecule has 1 aromatic carbocycles. The number of carbonyl (C=O) groups excluding carboxylic acids is 2. The molecule has 1 saturated heterocycles. The summed E-state index contributed by atoms with van der Waals surface area (Å²) < 4.78 is 5.48. The maximum Gasteiger partial charge on any atom is 0.312 e. The molecule has 2 fully saturated rings. The predicted molar refractivity (Wildman–Crippen MR) is 83.3 cm³/mol. The number of para-hydroxylation sites is 1. The second kappa shape index (κ2) is 6.08. The summed E-state index contributed by atoms with van der Waals surface area (Å²) in [6.45, 7) is 0.894. The smallest absolute Gasteiger partial charge is 0.312 e.